The number of carboxylic acid groups (broad SMARTS) is 1. The molecule has 0 saturated heterocycles. The number of carbonyl (C=O) groups excluding carboxylic acids is 1. The Hall–Kier alpha value is -2.24. The number of rotatable bonds is 4. The molecule has 0 aliphatic heterocycles. The average molecular weight is 337 g/mol. The van der Waals surface area contributed by atoms with Crippen molar-refractivity contribution in [2.45, 2.75) is 65.0 Å². The van der Waals surface area contributed by atoms with Gasteiger partial charge in [0.15, 0.2) is 0 Å². The van der Waals surface area contributed by atoms with Crippen molar-refractivity contribution >= 4 is 12.1 Å². The summed E-state index contributed by atoms with van der Waals surface area (Å²) in [4.78, 5) is 23.2. The highest BCUT2D eigenvalue weighted by molar-refractivity contribution is 5.80. The molecule has 1 atom stereocenters. The number of aromatic hydroxyl groups is 1. The van der Waals surface area contributed by atoms with Crippen LogP contribution in [-0.4, -0.2) is 33.9 Å². The van der Waals surface area contributed by atoms with Crippen molar-refractivity contribution in [1.29, 1.82) is 0 Å². The molecular formula is C18H27NO5. The van der Waals surface area contributed by atoms with Gasteiger partial charge in [0.25, 0.3) is 0 Å². The number of benzene rings is 1. The number of phenols is 1. The lowest BCUT2D eigenvalue weighted by atomic mass is 9.85. The number of alkyl carbamates (subject to hydrolysis) is 1. The number of aliphatic carboxylic acids is 1. The van der Waals surface area contributed by atoms with Gasteiger partial charge in [0.05, 0.1) is 0 Å². The van der Waals surface area contributed by atoms with Crippen LogP contribution in [0.1, 0.15) is 52.7 Å². The molecule has 24 heavy (non-hydrogen) atoms. The van der Waals surface area contributed by atoms with E-state index >= 15 is 0 Å². The Morgan fingerprint density at radius 1 is 1.17 bits per heavy atom. The van der Waals surface area contributed by atoms with Crippen molar-refractivity contribution in [2.24, 2.45) is 0 Å². The van der Waals surface area contributed by atoms with Gasteiger partial charge in [-0.15, -0.1) is 0 Å². The third-order valence-electron chi connectivity index (χ3n) is 3.30. The predicted molar refractivity (Wildman–Crippen MR) is 91.3 cm³/mol. The van der Waals surface area contributed by atoms with Crippen molar-refractivity contribution in [3.8, 4) is 5.75 Å². The van der Waals surface area contributed by atoms with Gasteiger partial charge < -0.3 is 20.3 Å². The molecule has 1 aromatic carbocycles. The normalized spacial score (nSPS) is 13.2. The molecule has 0 aliphatic rings. The van der Waals surface area contributed by atoms with Gasteiger partial charge in [0, 0.05) is 6.42 Å². The molecule has 0 heterocycles. The Morgan fingerprint density at radius 3 is 2.21 bits per heavy atom. The highest BCUT2D eigenvalue weighted by atomic mass is 16.6. The standard InChI is InChI=1S/C18H27NO5/c1-17(2,3)12-9-11(7-8-14(12)20)10-13(15(21)22)19-16(23)24-18(4,5)6/h7-9,13,20H,10H2,1-6H3,(H,19,23)(H,21,22). The molecule has 0 radical (unpaired) electrons. The summed E-state index contributed by atoms with van der Waals surface area (Å²) in [5.41, 5.74) is 0.449. The molecule has 1 rings (SSSR count). The summed E-state index contributed by atoms with van der Waals surface area (Å²) in [6, 6.07) is 3.85. The molecule has 0 saturated carbocycles. The van der Waals surface area contributed by atoms with Crippen LogP contribution >= 0.6 is 0 Å². The number of nitrogens with one attached hydrogen (secondary N) is 1. The van der Waals surface area contributed by atoms with Gasteiger partial charge in [-0.25, -0.2) is 9.59 Å². The van der Waals surface area contributed by atoms with Crippen LogP contribution in [0.4, 0.5) is 4.79 Å². The molecule has 1 aromatic rings. The van der Waals surface area contributed by atoms with Gasteiger partial charge in [-0.05, 0) is 43.4 Å². The molecule has 0 aliphatic carbocycles. The van der Waals surface area contributed by atoms with E-state index < -0.39 is 23.7 Å². The zero-order valence-corrected chi connectivity index (χ0v) is 15.1. The lowest BCUT2D eigenvalue weighted by Gasteiger charge is -2.23. The minimum Gasteiger partial charge on any atom is -0.508 e. The van der Waals surface area contributed by atoms with E-state index in [1.54, 1.807) is 39.0 Å². The van der Waals surface area contributed by atoms with Gasteiger partial charge in [0.2, 0.25) is 0 Å². The van der Waals surface area contributed by atoms with Gasteiger partial charge in [-0.1, -0.05) is 32.9 Å². The second-order valence-corrected chi connectivity index (χ2v) is 7.84. The predicted octanol–water partition coefficient (Wildman–Crippen LogP) is 3.21. The van der Waals surface area contributed by atoms with E-state index in [9.17, 15) is 19.8 Å². The first-order valence-electron chi connectivity index (χ1n) is 7.84. The lowest BCUT2D eigenvalue weighted by Crippen LogP contribution is -2.44. The summed E-state index contributed by atoms with van der Waals surface area (Å²) in [7, 11) is 0. The summed E-state index contributed by atoms with van der Waals surface area (Å²) in [6.07, 6.45) is -0.678. The molecule has 0 bridgehead atoms. The first kappa shape index (κ1) is 19.8. The van der Waals surface area contributed by atoms with Crippen LogP contribution in [0, 0.1) is 0 Å². The zero-order valence-electron chi connectivity index (χ0n) is 15.1. The van der Waals surface area contributed by atoms with Crippen molar-refractivity contribution in [3.05, 3.63) is 29.3 Å². The van der Waals surface area contributed by atoms with Gasteiger partial charge >= 0.3 is 12.1 Å². The molecule has 6 nitrogen and oxygen atoms in total. The van der Waals surface area contributed by atoms with Crippen molar-refractivity contribution < 1.29 is 24.5 Å². The SMILES string of the molecule is CC(C)(C)OC(=O)NC(Cc1ccc(O)c(C(C)(C)C)c1)C(=O)O. The van der Waals surface area contributed by atoms with Crippen LogP contribution < -0.4 is 5.32 Å². The van der Waals surface area contributed by atoms with E-state index in [2.05, 4.69) is 5.32 Å². The molecule has 1 amide bonds. The zero-order chi connectivity index (χ0) is 18.7. The van der Waals surface area contributed by atoms with E-state index in [0.717, 1.165) is 5.56 Å². The van der Waals surface area contributed by atoms with Gasteiger partial charge in [-0.2, -0.15) is 0 Å². The first-order chi connectivity index (χ1) is 10.8. The maximum atomic E-state index is 11.8. The van der Waals surface area contributed by atoms with Crippen LogP contribution in [-0.2, 0) is 21.4 Å². The first-order valence-corrected chi connectivity index (χ1v) is 7.84. The fourth-order valence-electron chi connectivity index (χ4n) is 2.20. The van der Waals surface area contributed by atoms with E-state index in [4.69, 9.17) is 4.74 Å². The quantitative estimate of drug-likeness (QED) is 0.784. The number of carbonyl (C=O) groups is 2. The molecule has 6 heteroatoms. The Morgan fingerprint density at radius 2 is 1.75 bits per heavy atom. The van der Waals surface area contributed by atoms with Crippen LogP contribution in [0.2, 0.25) is 0 Å². The highest BCUT2D eigenvalue weighted by Gasteiger charge is 2.25. The molecule has 0 fully saturated rings. The van der Waals surface area contributed by atoms with E-state index in [0.29, 0.717) is 5.56 Å². The minimum absolute atomic E-state index is 0.0952. The molecule has 3 N–H and O–H groups in total. The fraction of sp³-hybridized carbons (Fsp3) is 0.556. The average Bonchev–Trinajstić information content (AvgIpc) is 2.36. The molecular weight excluding hydrogens is 310 g/mol. The Balaban J connectivity index is 2.94. The van der Waals surface area contributed by atoms with Gasteiger partial charge in [0.1, 0.15) is 17.4 Å². The summed E-state index contributed by atoms with van der Waals surface area (Å²) >= 11 is 0. The van der Waals surface area contributed by atoms with Crippen LogP contribution in [0.25, 0.3) is 0 Å². The Kier molecular flexibility index (Phi) is 5.87. The van der Waals surface area contributed by atoms with Gasteiger partial charge in [-0.3, -0.25) is 0 Å². The maximum Gasteiger partial charge on any atom is 0.408 e. The van der Waals surface area contributed by atoms with Crippen molar-refractivity contribution in [2.75, 3.05) is 0 Å². The van der Waals surface area contributed by atoms with Crippen LogP contribution in [0.5, 0.6) is 5.75 Å². The summed E-state index contributed by atoms with van der Waals surface area (Å²) in [6.45, 7) is 11.0. The number of carboxylic acids is 1. The summed E-state index contributed by atoms with van der Waals surface area (Å²) in [5.74, 6) is -0.982. The largest absolute Gasteiger partial charge is 0.508 e. The third kappa shape index (κ3) is 6.10. The lowest BCUT2D eigenvalue weighted by molar-refractivity contribution is -0.139. The van der Waals surface area contributed by atoms with E-state index in [1.807, 2.05) is 20.8 Å². The number of ether oxygens (including phenoxy) is 1. The second kappa shape index (κ2) is 7.11. The maximum absolute atomic E-state index is 11.8. The smallest absolute Gasteiger partial charge is 0.408 e. The number of phenolic OH excluding ortho intramolecular Hbond substituents is 1. The number of hydrogen-bond donors (Lipinski definition) is 3. The van der Waals surface area contributed by atoms with Crippen molar-refractivity contribution in [3.63, 3.8) is 0 Å². The Labute approximate surface area is 142 Å². The topological polar surface area (TPSA) is 95.9 Å². The minimum atomic E-state index is -1.15. The fourth-order valence-corrected chi connectivity index (χ4v) is 2.20. The monoisotopic (exact) mass is 337 g/mol. The summed E-state index contributed by atoms with van der Waals surface area (Å²) in [5, 5.41) is 21.7. The second-order valence-electron chi connectivity index (χ2n) is 7.84. The van der Waals surface area contributed by atoms with Crippen LogP contribution in [0.15, 0.2) is 18.2 Å². The highest BCUT2D eigenvalue weighted by Crippen LogP contribution is 2.31. The molecule has 1 unspecified atom stereocenters. The van der Waals surface area contributed by atoms with Crippen LogP contribution in [0.3, 0.4) is 0 Å². The molecule has 0 spiro atoms. The van der Waals surface area contributed by atoms with E-state index in [-0.39, 0.29) is 17.6 Å². The number of hydrogen-bond acceptors (Lipinski definition) is 4. The number of amides is 1. The van der Waals surface area contributed by atoms with E-state index in [1.165, 1.54) is 0 Å². The Bertz CT molecular complexity index is 611. The molecule has 134 valence electrons. The van der Waals surface area contributed by atoms with Crippen molar-refractivity contribution in [1.82, 2.24) is 5.32 Å². The third-order valence-corrected chi connectivity index (χ3v) is 3.30. The summed E-state index contributed by atoms with van der Waals surface area (Å²) < 4.78 is 5.10. The molecule has 0 aromatic heterocycles.